The van der Waals surface area contributed by atoms with Gasteiger partial charge in [-0.2, -0.15) is 5.10 Å². The number of hydrazone groups is 1. The number of ether oxygens (including phenoxy) is 2. The molecule has 0 saturated carbocycles. The Hall–Kier alpha value is -2.90. The maximum atomic E-state index is 12.4. The summed E-state index contributed by atoms with van der Waals surface area (Å²) in [7, 11) is 0. The van der Waals surface area contributed by atoms with Crippen LogP contribution in [-0.4, -0.2) is 18.7 Å². The standard InChI is InChI=1S/C25H18Cl4N2O4/c1-2-33-18-5-6-22-16(9-18)10-23(35-22)25(32)31-30-12-14-7-20(28)24(21(29)8-14)34-13-15-3-4-17(26)11-19(15)27/h3-12H,2,13H2,1H3,(H,31,32)/b30-12+. The maximum absolute atomic E-state index is 12.4. The maximum Gasteiger partial charge on any atom is 0.307 e. The Bertz CT molecular complexity index is 1400. The molecular formula is C25H18Cl4N2O4. The van der Waals surface area contributed by atoms with Crippen LogP contribution in [0.1, 0.15) is 28.6 Å². The molecule has 4 aromatic rings. The van der Waals surface area contributed by atoms with Gasteiger partial charge in [-0.3, -0.25) is 4.79 Å². The van der Waals surface area contributed by atoms with E-state index in [1.807, 2.05) is 6.92 Å². The summed E-state index contributed by atoms with van der Waals surface area (Å²) in [6.07, 6.45) is 1.41. The summed E-state index contributed by atoms with van der Waals surface area (Å²) < 4.78 is 16.8. The van der Waals surface area contributed by atoms with Gasteiger partial charge in [-0.15, -0.1) is 0 Å². The zero-order valence-electron chi connectivity index (χ0n) is 18.3. The number of fused-ring (bicyclic) bond motifs is 1. The van der Waals surface area contributed by atoms with E-state index >= 15 is 0 Å². The summed E-state index contributed by atoms with van der Waals surface area (Å²) in [5.74, 6) is 0.608. The van der Waals surface area contributed by atoms with E-state index in [9.17, 15) is 4.79 Å². The first kappa shape index (κ1) is 25.2. The molecular weight excluding hydrogens is 534 g/mol. The lowest BCUT2D eigenvalue weighted by Gasteiger charge is -2.12. The zero-order valence-corrected chi connectivity index (χ0v) is 21.3. The number of nitrogens with zero attached hydrogens (tertiary/aromatic N) is 1. The van der Waals surface area contributed by atoms with E-state index in [4.69, 9.17) is 60.3 Å². The second-order valence-corrected chi connectivity index (χ2v) is 8.94. The van der Waals surface area contributed by atoms with Gasteiger partial charge in [0.05, 0.1) is 22.9 Å². The van der Waals surface area contributed by atoms with Crippen LogP contribution in [-0.2, 0) is 6.61 Å². The van der Waals surface area contributed by atoms with Gasteiger partial charge in [-0.1, -0.05) is 52.5 Å². The average molecular weight is 552 g/mol. The largest absolute Gasteiger partial charge is 0.494 e. The van der Waals surface area contributed by atoms with E-state index in [0.29, 0.717) is 39.3 Å². The van der Waals surface area contributed by atoms with Crippen molar-refractivity contribution in [2.24, 2.45) is 5.10 Å². The molecule has 4 rings (SSSR count). The predicted molar refractivity (Wildman–Crippen MR) is 140 cm³/mol. The fraction of sp³-hybridized carbons (Fsp3) is 0.120. The Morgan fingerprint density at radius 1 is 0.971 bits per heavy atom. The summed E-state index contributed by atoms with van der Waals surface area (Å²) >= 11 is 24.8. The van der Waals surface area contributed by atoms with E-state index in [1.165, 1.54) is 6.21 Å². The smallest absolute Gasteiger partial charge is 0.307 e. The molecule has 1 aromatic heterocycles. The summed E-state index contributed by atoms with van der Waals surface area (Å²) in [6.45, 7) is 2.60. The van der Waals surface area contributed by atoms with Crippen molar-refractivity contribution in [2.45, 2.75) is 13.5 Å². The molecule has 0 bridgehead atoms. The van der Waals surface area contributed by atoms with Crippen molar-refractivity contribution in [3.05, 3.63) is 91.6 Å². The van der Waals surface area contributed by atoms with Gasteiger partial charge in [0.2, 0.25) is 0 Å². The Labute approximate surface area is 221 Å². The number of furan rings is 1. The topological polar surface area (TPSA) is 73.1 Å². The van der Waals surface area contributed by atoms with Gasteiger partial charge in [0, 0.05) is 21.0 Å². The zero-order chi connectivity index (χ0) is 24.9. The molecule has 180 valence electrons. The van der Waals surface area contributed by atoms with Crippen molar-refractivity contribution in [3.63, 3.8) is 0 Å². The first-order valence-corrected chi connectivity index (χ1v) is 11.9. The van der Waals surface area contributed by atoms with Crippen molar-refractivity contribution in [1.82, 2.24) is 5.43 Å². The molecule has 3 aromatic carbocycles. The molecule has 10 heteroatoms. The van der Waals surface area contributed by atoms with Gasteiger partial charge in [-0.05, 0) is 61.0 Å². The number of hydrogen-bond acceptors (Lipinski definition) is 5. The molecule has 0 aliphatic heterocycles. The van der Waals surface area contributed by atoms with Crippen LogP contribution >= 0.6 is 46.4 Å². The predicted octanol–water partition coefficient (Wildman–Crippen LogP) is 7.79. The van der Waals surface area contributed by atoms with Gasteiger partial charge in [-0.25, -0.2) is 5.43 Å². The minimum Gasteiger partial charge on any atom is -0.494 e. The minimum atomic E-state index is -0.507. The third-order valence-corrected chi connectivity index (χ3v) is 5.96. The Balaban J connectivity index is 1.40. The highest BCUT2D eigenvalue weighted by Crippen LogP contribution is 2.35. The van der Waals surface area contributed by atoms with Crippen LogP contribution in [0.3, 0.4) is 0 Å². The number of carbonyl (C=O) groups excluding carboxylic acids is 1. The molecule has 1 N–H and O–H groups in total. The third-order valence-electron chi connectivity index (χ3n) is 4.81. The van der Waals surface area contributed by atoms with Crippen LogP contribution in [0.5, 0.6) is 11.5 Å². The lowest BCUT2D eigenvalue weighted by atomic mass is 10.2. The van der Waals surface area contributed by atoms with Crippen LogP contribution < -0.4 is 14.9 Å². The fourth-order valence-electron chi connectivity index (χ4n) is 3.19. The number of amides is 1. The molecule has 0 aliphatic carbocycles. The van der Waals surface area contributed by atoms with Crippen LogP contribution in [0.2, 0.25) is 20.1 Å². The average Bonchev–Trinajstić information content (AvgIpc) is 3.23. The van der Waals surface area contributed by atoms with Gasteiger partial charge in [0.15, 0.2) is 11.5 Å². The van der Waals surface area contributed by atoms with Gasteiger partial charge >= 0.3 is 5.91 Å². The number of rotatable bonds is 8. The first-order chi connectivity index (χ1) is 16.8. The van der Waals surface area contributed by atoms with Crippen molar-refractivity contribution < 1.29 is 18.7 Å². The van der Waals surface area contributed by atoms with E-state index in [0.717, 1.165) is 10.9 Å². The molecule has 1 heterocycles. The Morgan fingerprint density at radius 3 is 2.46 bits per heavy atom. The molecule has 0 radical (unpaired) electrons. The molecule has 35 heavy (non-hydrogen) atoms. The highest BCUT2D eigenvalue weighted by molar-refractivity contribution is 6.37. The van der Waals surface area contributed by atoms with Crippen LogP contribution in [0.4, 0.5) is 0 Å². The SMILES string of the molecule is CCOc1ccc2oc(C(=O)N/N=C/c3cc(Cl)c(OCc4ccc(Cl)cc4Cl)c(Cl)c3)cc2c1. The number of nitrogens with one attached hydrogen (secondary N) is 1. The second kappa shape index (κ2) is 11.2. The second-order valence-electron chi connectivity index (χ2n) is 7.28. The molecule has 0 aliphatic rings. The van der Waals surface area contributed by atoms with Crippen LogP contribution in [0.15, 0.2) is 64.1 Å². The highest BCUT2D eigenvalue weighted by atomic mass is 35.5. The van der Waals surface area contributed by atoms with Crippen molar-refractivity contribution >= 4 is 69.5 Å². The van der Waals surface area contributed by atoms with Crippen LogP contribution in [0.25, 0.3) is 11.0 Å². The molecule has 6 nitrogen and oxygen atoms in total. The highest BCUT2D eigenvalue weighted by Gasteiger charge is 2.13. The molecule has 0 unspecified atom stereocenters. The van der Waals surface area contributed by atoms with E-state index in [-0.39, 0.29) is 22.4 Å². The lowest BCUT2D eigenvalue weighted by molar-refractivity contribution is 0.0929. The summed E-state index contributed by atoms with van der Waals surface area (Å²) in [6, 6.07) is 15.3. The lowest BCUT2D eigenvalue weighted by Crippen LogP contribution is -2.16. The normalized spacial score (nSPS) is 11.2. The van der Waals surface area contributed by atoms with Gasteiger partial charge < -0.3 is 13.9 Å². The van der Waals surface area contributed by atoms with E-state index in [1.54, 1.807) is 54.6 Å². The molecule has 0 fully saturated rings. The Morgan fingerprint density at radius 2 is 1.74 bits per heavy atom. The van der Waals surface area contributed by atoms with E-state index in [2.05, 4.69) is 10.5 Å². The van der Waals surface area contributed by atoms with Crippen molar-refractivity contribution in [2.75, 3.05) is 6.61 Å². The van der Waals surface area contributed by atoms with Crippen molar-refractivity contribution in [1.29, 1.82) is 0 Å². The van der Waals surface area contributed by atoms with Crippen molar-refractivity contribution in [3.8, 4) is 11.5 Å². The summed E-state index contributed by atoms with van der Waals surface area (Å²) in [5.41, 5.74) is 4.28. The quantitative estimate of drug-likeness (QED) is 0.179. The van der Waals surface area contributed by atoms with Crippen LogP contribution in [0, 0.1) is 0 Å². The van der Waals surface area contributed by atoms with Gasteiger partial charge in [0.1, 0.15) is 17.9 Å². The molecule has 0 saturated heterocycles. The third kappa shape index (κ3) is 6.21. The molecule has 0 atom stereocenters. The monoisotopic (exact) mass is 550 g/mol. The fourth-order valence-corrected chi connectivity index (χ4v) is 4.27. The number of hydrogen-bond donors (Lipinski definition) is 1. The summed E-state index contributed by atoms with van der Waals surface area (Å²) in [5, 5.41) is 6.27. The first-order valence-electron chi connectivity index (χ1n) is 10.4. The minimum absolute atomic E-state index is 0.117. The molecule has 1 amide bonds. The summed E-state index contributed by atoms with van der Waals surface area (Å²) in [4.78, 5) is 12.4. The van der Waals surface area contributed by atoms with Gasteiger partial charge in [0.25, 0.3) is 0 Å². The number of benzene rings is 3. The van der Waals surface area contributed by atoms with E-state index < -0.39 is 5.91 Å². The Kier molecular flexibility index (Phi) is 8.08. The number of carbonyl (C=O) groups is 1. The molecule has 0 spiro atoms. The number of halogens is 4.